The van der Waals surface area contributed by atoms with Gasteiger partial charge in [0.2, 0.25) is 0 Å². The van der Waals surface area contributed by atoms with Crippen LogP contribution in [0.25, 0.3) is 0 Å². The molecule has 3 heteroatoms. The van der Waals surface area contributed by atoms with Crippen LogP contribution in [-0.2, 0) is 16.1 Å². The molecule has 18 heavy (non-hydrogen) atoms. The number of carbonyl (C=O) groups excluding carboxylic acids is 1. The Kier molecular flexibility index (Phi) is 4.02. The lowest BCUT2D eigenvalue weighted by molar-refractivity contribution is -0.145. The fraction of sp³-hybridized carbons (Fsp3) is 0.467. The molecule has 1 N–H and O–H groups in total. The minimum atomic E-state index is -0.625. The molecular formula is C15H19O3-. The lowest BCUT2D eigenvalue weighted by Gasteiger charge is -2.15. The molecule has 0 aromatic heterocycles. The van der Waals surface area contributed by atoms with E-state index in [4.69, 9.17) is 4.74 Å². The zero-order chi connectivity index (χ0) is 13.0. The van der Waals surface area contributed by atoms with Crippen LogP contribution >= 0.6 is 0 Å². The van der Waals surface area contributed by atoms with Gasteiger partial charge in [-0.25, -0.2) is 0 Å². The summed E-state index contributed by atoms with van der Waals surface area (Å²) in [5.41, 5.74) is 0.371. The number of hydrogen-bond acceptors (Lipinski definition) is 3. The summed E-state index contributed by atoms with van der Waals surface area (Å²) < 4.78 is 5.18. The summed E-state index contributed by atoms with van der Waals surface area (Å²) in [4.78, 5) is 11.5. The minimum absolute atomic E-state index is 0.191. The summed E-state index contributed by atoms with van der Waals surface area (Å²) in [5, 5.41) is 9.81. The zero-order valence-corrected chi connectivity index (χ0v) is 10.6. The van der Waals surface area contributed by atoms with Gasteiger partial charge >= 0.3 is 5.97 Å². The monoisotopic (exact) mass is 247 g/mol. The van der Waals surface area contributed by atoms with E-state index in [1.807, 2.05) is 43.7 Å². The van der Waals surface area contributed by atoms with Crippen LogP contribution in [-0.4, -0.2) is 16.7 Å². The predicted octanol–water partition coefficient (Wildman–Crippen LogP) is 2.49. The van der Waals surface area contributed by atoms with Crippen molar-refractivity contribution in [3.05, 3.63) is 42.3 Å². The van der Waals surface area contributed by atoms with Gasteiger partial charge in [0.1, 0.15) is 6.61 Å². The Labute approximate surface area is 108 Å². The van der Waals surface area contributed by atoms with E-state index in [-0.39, 0.29) is 11.9 Å². The zero-order valence-electron chi connectivity index (χ0n) is 10.6. The van der Waals surface area contributed by atoms with Gasteiger partial charge in [0, 0.05) is 6.42 Å². The minimum Gasteiger partial charge on any atom is -0.461 e. The quantitative estimate of drug-likeness (QED) is 0.620. The summed E-state index contributed by atoms with van der Waals surface area (Å²) in [6, 6.07) is 9.63. The number of aliphatic hydroxyl groups is 1. The second-order valence-electron chi connectivity index (χ2n) is 4.87. The molecule has 0 aliphatic heterocycles. The Morgan fingerprint density at radius 2 is 2.22 bits per heavy atom. The Bertz CT molecular complexity index is 401. The highest BCUT2D eigenvalue weighted by molar-refractivity contribution is 5.69. The van der Waals surface area contributed by atoms with Crippen molar-refractivity contribution in [3.8, 4) is 0 Å². The molecule has 1 aliphatic carbocycles. The number of hydrogen-bond donors (Lipinski definition) is 1. The molecule has 0 amide bonds. The molecule has 98 valence electrons. The normalized spacial score (nSPS) is 25.8. The third-order valence-corrected chi connectivity index (χ3v) is 3.56. The van der Waals surface area contributed by atoms with E-state index in [0.717, 1.165) is 12.0 Å². The lowest BCUT2D eigenvalue weighted by Crippen LogP contribution is -2.11. The van der Waals surface area contributed by atoms with Crippen LogP contribution in [0.4, 0.5) is 0 Å². The highest BCUT2D eigenvalue weighted by atomic mass is 16.5. The van der Waals surface area contributed by atoms with Crippen molar-refractivity contribution in [1.29, 1.82) is 0 Å². The molecule has 3 nitrogen and oxygen atoms in total. The van der Waals surface area contributed by atoms with Gasteiger partial charge in [0.05, 0.1) is 0 Å². The van der Waals surface area contributed by atoms with E-state index in [1.54, 1.807) is 0 Å². The molecule has 1 aromatic rings. The Hall–Kier alpha value is -1.35. The summed E-state index contributed by atoms with van der Waals surface area (Å²) >= 11 is 0. The molecule has 0 saturated heterocycles. The third-order valence-electron chi connectivity index (χ3n) is 3.56. The van der Waals surface area contributed by atoms with Crippen molar-refractivity contribution < 1.29 is 14.6 Å². The van der Waals surface area contributed by atoms with Gasteiger partial charge in [0.15, 0.2) is 0 Å². The fourth-order valence-electron chi connectivity index (χ4n) is 2.14. The van der Waals surface area contributed by atoms with Crippen LogP contribution in [0.3, 0.4) is 0 Å². The molecule has 2 unspecified atom stereocenters. The first kappa shape index (κ1) is 13.1. The van der Waals surface area contributed by atoms with Crippen LogP contribution in [0.15, 0.2) is 30.3 Å². The van der Waals surface area contributed by atoms with E-state index in [1.165, 1.54) is 0 Å². The van der Waals surface area contributed by atoms with Gasteiger partial charge in [0.25, 0.3) is 0 Å². The van der Waals surface area contributed by atoms with Crippen molar-refractivity contribution in [2.75, 3.05) is 0 Å². The predicted molar refractivity (Wildman–Crippen MR) is 68.5 cm³/mol. The Morgan fingerprint density at radius 1 is 1.50 bits per heavy atom. The molecule has 0 heterocycles. The highest BCUT2D eigenvalue weighted by Crippen LogP contribution is 2.48. The molecule has 0 radical (unpaired) electrons. The number of rotatable bonds is 6. The second kappa shape index (κ2) is 5.53. The number of ether oxygens (including phenoxy) is 1. The van der Waals surface area contributed by atoms with Gasteiger partial charge < -0.3 is 9.84 Å². The van der Waals surface area contributed by atoms with Crippen LogP contribution in [0, 0.1) is 12.3 Å². The van der Waals surface area contributed by atoms with Gasteiger partial charge in [-0.05, 0) is 24.3 Å². The molecule has 2 rings (SSSR count). The molecule has 0 spiro atoms. The first-order chi connectivity index (χ1) is 8.64. The third kappa shape index (κ3) is 3.33. The average molecular weight is 247 g/mol. The molecule has 2 atom stereocenters. The maximum Gasteiger partial charge on any atom is 0.306 e. The van der Waals surface area contributed by atoms with Gasteiger partial charge in [-0.3, -0.25) is 11.2 Å². The summed E-state index contributed by atoms with van der Waals surface area (Å²) in [6.07, 6.45) is 3.67. The maximum absolute atomic E-state index is 11.5. The van der Waals surface area contributed by atoms with Crippen molar-refractivity contribution in [3.63, 3.8) is 0 Å². The van der Waals surface area contributed by atoms with Crippen molar-refractivity contribution >= 4 is 5.97 Å². The molecule has 1 saturated carbocycles. The van der Waals surface area contributed by atoms with Crippen LogP contribution in [0.2, 0.25) is 0 Å². The van der Waals surface area contributed by atoms with Crippen LogP contribution in [0.1, 0.15) is 31.7 Å². The summed E-state index contributed by atoms with van der Waals surface area (Å²) in [7, 11) is 0. The van der Waals surface area contributed by atoms with E-state index in [0.29, 0.717) is 19.4 Å². The lowest BCUT2D eigenvalue weighted by atomic mass is 10.1. The Morgan fingerprint density at radius 3 is 2.83 bits per heavy atom. The van der Waals surface area contributed by atoms with Crippen molar-refractivity contribution in [1.82, 2.24) is 0 Å². The standard InChI is InChI=1S/C15H19O3/c1-2-15(17)10-13(15)8-9-14(16)18-11-12-6-4-3-5-7-12/h2-7,13,17H,8-11H2,1H3/q-1. The first-order valence-electron chi connectivity index (χ1n) is 6.36. The van der Waals surface area contributed by atoms with Crippen LogP contribution in [0.5, 0.6) is 0 Å². The maximum atomic E-state index is 11.5. The molecule has 1 aliphatic rings. The number of benzene rings is 1. The van der Waals surface area contributed by atoms with E-state index < -0.39 is 5.60 Å². The van der Waals surface area contributed by atoms with E-state index in [9.17, 15) is 9.90 Å². The average Bonchev–Trinajstić information content (AvgIpc) is 3.07. The molecular weight excluding hydrogens is 228 g/mol. The molecule has 1 fully saturated rings. The smallest absolute Gasteiger partial charge is 0.306 e. The van der Waals surface area contributed by atoms with Gasteiger partial charge in [-0.15, -0.1) is 0 Å². The SMILES string of the molecule is C[CH-]C1(O)CC1CCC(=O)OCc1ccccc1. The van der Waals surface area contributed by atoms with Crippen molar-refractivity contribution in [2.45, 2.75) is 38.4 Å². The van der Waals surface area contributed by atoms with Gasteiger partial charge in [-0.2, -0.15) is 6.92 Å². The summed E-state index contributed by atoms with van der Waals surface area (Å²) in [5.74, 6) is 0.0379. The molecule has 0 bridgehead atoms. The first-order valence-corrected chi connectivity index (χ1v) is 6.36. The van der Waals surface area contributed by atoms with E-state index in [2.05, 4.69) is 0 Å². The highest BCUT2D eigenvalue weighted by Gasteiger charge is 2.43. The number of carbonyl (C=O) groups is 1. The van der Waals surface area contributed by atoms with Gasteiger partial charge in [-0.1, -0.05) is 35.9 Å². The summed E-state index contributed by atoms with van der Waals surface area (Å²) in [6.45, 7) is 2.18. The Balaban J connectivity index is 1.65. The number of esters is 1. The van der Waals surface area contributed by atoms with Crippen LogP contribution < -0.4 is 0 Å². The topological polar surface area (TPSA) is 46.5 Å². The second-order valence-corrected chi connectivity index (χ2v) is 4.87. The fourth-order valence-corrected chi connectivity index (χ4v) is 2.14. The van der Waals surface area contributed by atoms with Crippen molar-refractivity contribution in [2.24, 2.45) is 5.92 Å². The largest absolute Gasteiger partial charge is 0.461 e. The molecule has 1 aromatic carbocycles. The van der Waals surface area contributed by atoms with E-state index >= 15 is 0 Å².